The lowest BCUT2D eigenvalue weighted by Gasteiger charge is -2.31. The maximum absolute atomic E-state index is 5.61. The second-order valence-corrected chi connectivity index (χ2v) is 4.97. The van der Waals surface area contributed by atoms with Crippen molar-refractivity contribution in [3.8, 4) is 0 Å². The van der Waals surface area contributed by atoms with Crippen molar-refractivity contribution in [2.24, 2.45) is 11.7 Å². The zero-order chi connectivity index (χ0) is 11.9. The molecule has 0 atom stereocenters. The summed E-state index contributed by atoms with van der Waals surface area (Å²) in [5, 5.41) is 0. The normalized spacial score (nSPS) is 18.4. The summed E-state index contributed by atoms with van der Waals surface area (Å²) < 4.78 is 0. The van der Waals surface area contributed by atoms with E-state index in [4.69, 9.17) is 5.73 Å². The second kappa shape index (κ2) is 6.72. The Morgan fingerprint density at radius 3 is 2.82 bits per heavy atom. The van der Waals surface area contributed by atoms with Gasteiger partial charge in [-0.2, -0.15) is 0 Å². The first-order valence-corrected chi connectivity index (χ1v) is 6.70. The van der Waals surface area contributed by atoms with Gasteiger partial charge < -0.3 is 10.6 Å². The third-order valence-corrected chi connectivity index (χ3v) is 3.72. The van der Waals surface area contributed by atoms with Crippen LogP contribution in [0.5, 0.6) is 0 Å². The second-order valence-electron chi connectivity index (χ2n) is 4.97. The quantitative estimate of drug-likeness (QED) is 0.841. The number of nitrogens with zero attached hydrogens (tertiary/aromatic N) is 2. The van der Waals surface area contributed by atoms with Crippen LogP contribution in [0.4, 0.5) is 0 Å². The highest BCUT2D eigenvalue weighted by atomic mass is 15.1. The van der Waals surface area contributed by atoms with Crippen molar-refractivity contribution in [1.82, 2.24) is 9.88 Å². The number of hydrogen-bond donors (Lipinski definition) is 1. The zero-order valence-electron chi connectivity index (χ0n) is 10.5. The maximum Gasteiger partial charge on any atom is 0.0300 e. The monoisotopic (exact) mass is 233 g/mol. The minimum atomic E-state index is 0.848. The van der Waals surface area contributed by atoms with Gasteiger partial charge in [-0.25, -0.2) is 0 Å². The molecule has 0 aromatic carbocycles. The molecular weight excluding hydrogens is 210 g/mol. The van der Waals surface area contributed by atoms with Crippen LogP contribution in [0.25, 0.3) is 0 Å². The van der Waals surface area contributed by atoms with Crippen LogP contribution >= 0.6 is 0 Å². The first-order chi connectivity index (χ1) is 8.38. The Kier molecular flexibility index (Phi) is 4.95. The van der Waals surface area contributed by atoms with E-state index < -0.39 is 0 Å². The minimum absolute atomic E-state index is 0.848. The van der Waals surface area contributed by atoms with E-state index in [1.54, 1.807) is 0 Å². The van der Waals surface area contributed by atoms with Gasteiger partial charge in [0.2, 0.25) is 0 Å². The van der Waals surface area contributed by atoms with Crippen molar-refractivity contribution in [1.29, 1.82) is 0 Å². The number of rotatable bonds is 5. The summed E-state index contributed by atoms with van der Waals surface area (Å²) in [6.45, 7) is 4.50. The van der Waals surface area contributed by atoms with Crippen LogP contribution in [-0.4, -0.2) is 36.1 Å². The Morgan fingerprint density at radius 1 is 1.35 bits per heavy atom. The third-order valence-electron chi connectivity index (χ3n) is 3.72. The van der Waals surface area contributed by atoms with Gasteiger partial charge in [0.1, 0.15) is 0 Å². The lowest BCUT2D eigenvalue weighted by molar-refractivity contribution is 0.182. The highest BCUT2D eigenvalue weighted by Gasteiger charge is 2.17. The minimum Gasteiger partial charge on any atom is -0.330 e. The summed E-state index contributed by atoms with van der Waals surface area (Å²) in [6, 6.07) is 4.18. The molecule has 0 bridgehead atoms. The van der Waals surface area contributed by atoms with Gasteiger partial charge in [0.05, 0.1) is 0 Å². The summed E-state index contributed by atoms with van der Waals surface area (Å²) in [5.74, 6) is 0.870. The molecule has 2 heterocycles. The number of piperidine rings is 1. The van der Waals surface area contributed by atoms with E-state index in [0.29, 0.717) is 0 Å². The van der Waals surface area contributed by atoms with E-state index in [1.165, 1.54) is 44.5 Å². The molecule has 2 N–H and O–H groups in total. The van der Waals surface area contributed by atoms with Gasteiger partial charge >= 0.3 is 0 Å². The van der Waals surface area contributed by atoms with Crippen LogP contribution in [0.15, 0.2) is 24.5 Å². The zero-order valence-corrected chi connectivity index (χ0v) is 10.5. The number of pyridine rings is 1. The molecule has 1 aromatic heterocycles. The Labute approximate surface area is 104 Å². The Hall–Kier alpha value is -0.930. The molecule has 94 valence electrons. The highest BCUT2D eigenvalue weighted by molar-refractivity contribution is 5.08. The van der Waals surface area contributed by atoms with Crippen molar-refractivity contribution in [2.45, 2.75) is 25.7 Å². The van der Waals surface area contributed by atoms with Crippen molar-refractivity contribution in [3.63, 3.8) is 0 Å². The van der Waals surface area contributed by atoms with Crippen LogP contribution in [0.3, 0.4) is 0 Å². The fourth-order valence-corrected chi connectivity index (χ4v) is 2.57. The van der Waals surface area contributed by atoms with Gasteiger partial charge in [-0.15, -0.1) is 0 Å². The lowest BCUT2D eigenvalue weighted by Crippen LogP contribution is -2.35. The summed E-state index contributed by atoms with van der Waals surface area (Å²) in [4.78, 5) is 6.72. The van der Waals surface area contributed by atoms with E-state index in [-0.39, 0.29) is 0 Å². The fourth-order valence-electron chi connectivity index (χ4n) is 2.57. The molecule has 0 amide bonds. The molecule has 3 nitrogen and oxygen atoms in total. The van der Waals surface area contributed by atoms with Gasteiger partial charge in [-0.05, 0) is 62.9 Å². The summed E-state index contributed by atoms with van der Waals surface area (Å²) in [7, 11) is 0. The Bertz CT molecular complexity index is 305. The van der Waals surface area contributed by atoms with Crippen LogP contribution in [0.2, 0.25) is 0 Å². The van der Waals surface area contributed by atoms with Crippen molar-refractivity contribution in [2.75, 3.05) is 26.2 Å². The molecule has 1 aromatic rings. The maximum atomic E-state index is 5.61. The third kappa shape index (κ3) is 4.10. The van der Waals surface area contributed by atoms with Crippen molar-refractivity contribution in [3.05, 3.63) is 30.1 Å². The van der Waals surface area contributed by atoms with E-state index in [1.807, 2.05) is 18.5 Å². The Morgan fingerprint density at radius 2 is 2.18 bits per heavy atom. The first-order valence-electron chi connectivity index (χ1n) is 6.70. The average molecular weight is 233 g/mol. The molecule has 0 saturated carbocycles. The average Bonchev–Trinajstić information content (AvgIpc) is 2.40. The molecule has 1 aliphatic rings. The van der Waals surface area contributed by atoms with Crippen LogP contribution in [-0.2, 0) is 6.42 Å². The first kappa shape index (κ1) is 12.5. The molecule has 0 spiro atoms. The van der Waals surface area contributed by atoms with Crippen LogP contribution in [0, 0.1) is 5.92 Å². The van der Waals surface area contributed by atoms with Crippen LogP contribution in [0.1, 0.15) is 24.8 Å². The van der Waals surface area contributed by atoms with Crippen molar-refractivity contribution < 1.29 is 0 Å². The predicted molar refractivity (Wildman–Crippen MR) is 70.8 cm³/mol. The molecule has 2 rings (SSSR count). The highest BCUT2D eigenvalue weighted by Crippen LogP contribution is 2.19. The van der Waals surface area contributed by atoms with E-state index in [2.05, 4.69) is 16.0 Å². The van der Waals surface area contributed by atoms with Gasteiger partial charge in [0, 0.05) is 18.9 Å². The molecular formula is C14H23N3. The molecule has 1 fully saturated rings. The number of aromatic nitrogens is 1. The van der Waals surface area contributed by atoms with E-state index >= 15 is 0 Å². The molecule has 0 radical (unpaired) electrons. The number of hydrogen-bond acceptors (Lipinski definition) is 3. The molecule has 17 heavy (non-hydrogen) atoms. The Balaban J connectivity index is 1.68. The summed E-state index contributed by atoms with van der Waals surface area (Å²) in [6.07, 6.45) is 8.78. The van der Waals surface area contributed by atoms with Gasteiger partial charge in [0.25, 0.3) is 0 Å². The lowest BCUT2D eigenvalue weighted by atomic mass is 9.93. The smallest absolute Gasteiger partial charge is 0.0300 e. The van der Waals surface area contributed by atoms with Crippen LogP contribution < -0.4 is 5.73 Å². The SMILES string of the molecule is NCCC1CCN(CCc2cccnc2)CC1. The molecule has 0 unspecified atom stereocenters. The standard InChI is InChI=1S/C14H23N3/c15-7-3-13-4-9-17(10-5-13)11-6-14-2-1-8-16-12-14/h1-2,8,12-13H,3-7,9-11,15H2. The van der Waals surface area contributed by atoms with Gasteiger partial charge in [-0.3, -0.25) is 4.98 Å². The van der Waals surface area contributed by atoms with E-state index in [0.717, 1.165) is 18.9 Å². The molecule has 1 saturated heterocycles. The summed E-state index contributed by atoms with van der Waals surface area (Å²) >= 11 is 0. The molecule has 1 aliphatic heterocycles. The molecule has 3 heteroatoms. The summed E-state index contributed by atoms with van der Waals surface area (Å²) in [5.41, 5.74) is 6.95. The van der Waals surface area contributed by atoms with E-state index in [9.17, 15) is 0 Å². The topological polar surface area (TPSA) is 42.1 Å². The van der Waals surface area contributed by atoms with Crippen molar-refractivity contribution >= 4 is 0 Å². The van der Waals surface area contributed by atoms with Gasteiger partial charge in [0.15, 0.2) is 0 Å². The fraction of sp³-hybridized carbons (Fsp3) is 0.643. The van der Waals surface area contributed by atoms with Gasteiger partial charge in [-0.1, -0.05) is 6.07 Å². The largest absolute Gasteiger partial charge is 0.330 e. The predicted octanol–water partition coefficient (Wildman–Crippen LogP) is 1.68. The number of likely N-dealkylation sites (tertiary alicyclic amines) is 1. The number of nitrogens with two attached hydrogens (primary N) is 1. The molecule has 0 aliphatic carbocycles.